The lowest BCUT2D eigenvalue weighted by Crippen LogP contribution is -2.39. The average molecular weight is 393 g/mol. The lowest BCUT2D eigenvalue weighted by Gasteiger charge is -2.30. The molecule has 1 saturated heterocycles. The fourth-order valence-corrected chi connectivity index (χ4v) is 4.75. The number of hydrogen-bond donors (Lipinski definition) is 1. The summed E-state index contributed by atoms with van der Waals surface area (Å²) >= 11 is 5.82. The van der Waals surface area contributed by atoms with Crippen LogP contribution in [0.15, 0.2) is 53.4 Å². The van der Waals surface area contributed by atoms with Crippen LogP contribution < -0.4 is 5.32 Å². The molecule has 138 valence electrons. The van der Waals surface area contributed by atoms with E-state index in [9.17, 15) is 13.2 Å². The van der Waals surface area contributed by atoms with E-state index in [1.165, 1.54) is 12.1 Å². The molecule has 0 spiro atoms. The highest BCUT2D eigenvalue weighted by Gasteiger charge is 2.28. The van der Waals surface area contributed by atoms with Crippen LogP contribution in [0.4, 0.5) is 5.69 Å². The quantitative estimate of drug-likeness (QED) is 0.854. The third-order valence-corrected chi connectivity index (χ3v) is 6.61. The Morgan fingerprint density at radius 1 is 1.12 bits per heavy atom. The van der Waals surface area contributed by atoms with E-state index < -0.39 is 10.0 Å². The summed E-state index contributed by atoms with van der Waals surface area (Å²) in [5.41, 5.74) is 1.02. The van der Waals surface area contributed by atoms with Crippen LogP contribution in [0.1, 0.15) is 30.1 Å². The normalized spacial score (nSPS) is 18.5. The zero-order valence-corrected chi connectivity index (χ0v) is 16.1. The lowest BCUT2D eigenvalue weighted by molar-refractivity contribution is 0.102. The Hall–Kier alpha value is -1.89. The van der Waals surface area contributed by atoms with Crippen molar-refractivity contribution in [2.75, 3.05) is 18.4 Å². The Morgan fingerprint density at radius 2 is 1.77 bits per heavy atom. The van der Waals surface area contributed by atoms with Crippen LogP contribution in [0, 0.1) is 5.92 Å². The number of carbonyl (C=O) groups excluding carboxylic acids is 1. The minimum absolute atomic E-state index is 0.246. The first kappa shape index (κ1) is 18.9. The fourth-order valence-electron chi connectivity index (χ4n) is 3.03. The molecule has 1 aliphatic rings. The van der Waals surface area contributed by atoms with Gasteiger partial charge in [0.25, 0.3) is 5.91 Å². The standard InChI is InChI=1S/C19H21ClN2O3S/c1-14-3-2-12-22(13-14)26(24,25)18-10-8-17(9-11-18)21-19(23)15-4-6-16(20)7-5-15/h4-11,14H,2-3,12-13H2,1H3,(H,21,23)/t14-/m0/s1. The van der Waals surface area contributed by atoms with Gasteiger partial charge >= 0.3 is 0 Å². The molecule has 1 atom stereocenters. The molecular weight excluding hydrogens is 372 g/mol. The summed E-state index contributed by atoms with van der Waals surface area (Å²) in [7, 11) is -3.49. The van der Waals surface area contributed by atoms with Crippen LogP contribution in [0.5, 0.6) is 0 Å². The molecule has 1 fully saturated rings. The maximum Gasteiger partial charge on any atom is 0.255 e. The van der Waals surface area contributed by atoms with Crippen LogP contribution in [-0.4, -0.2) is 31.7 Å². The number of anilines is 1. The van der Waals surface area contributed by atoms with Crippen LogP contribution in [0.25, 0.3) is 0 Å². The molecule has 5 nitrogen and oxygen atoms in total. The first-order chi connectivity index (χ1) is 12.4. The van der Waals surface area contributed by atoms with Crippen molar-refractivity contribution in [1.29, 1.82) is 0 Å². The van der Waals surface area contributed by atoms with Gasteiger partial charge in [-0.3, -0.25) is 4.79 Å². The second kappa shape index (κ2) is 7.78. The third kappa shape index (κ3) is 4.26. The highest BCUT2D eigenvalue weighted by Crippen LogP contribution is 2.24. The number of sulfonamides is 1. The van der Waals surface area contributed by atoms with E-state index in [0.717, 1.165) is 12.8 Å². The zero-order chi connectivity index (χ0) is 18.7. The van der Waals surface area contributed by atoms with E-state index in [1.807, 2.05) is 0 Å². The Bertz CT molecular complexity index is 880. The van der Waals surface area contributed by atoms with Gasteiger partial charge in [0.05, 0.1) is 4.90 Å². The molecule has 0 bridgehead atoms. The topological polar surface area (TPSA) is 66.5 Å². The Balaban J connectivity index is 1.71. The number of rotatable bonds is 4. The molecule has 0 saturated carbocycles. The zero-order valence-electron chi connectivity index (χ0n) is 14.5. The van der Waals surface area contributed by atoms with E-state index in [1.54, 1.807) is 40.7 Å². The van der Waals surface area contributed by atoms with Crippen molar-refractivity contribution in [2.45, 2.75) is 24.7 Å². The molecule has 0 aliphatic carbocycles. The number of benzene rings is 2. The predicted octanol–water partition coefficient (Wildman–Crippen LogP) is 4.01. The Kier molecular flexibility index (Phi) is 5.65. The van der Waals surface area contributed by atoms with E-state index in [4.69, 9.17) is 11.6 Å². The molecule has 0 aromatic heterocycles. The number of nitrogens with one attached hydrogen (secondary N) is 1. The van der Waals surface area contributed by atoms with Crippen molar-refractivity contribution < 1.29 is 13.2 Å². The largest absolute Gasteiger partial charge is 0.322 e. The molecule has 1 heterocycles. The smallest absolute Gasteiger partial charge is 0.255 e. The third-order valence-electron chi connectivity index (χ3n) is 4.48. The molecule has 0 unspecified atom stereocenters. The summed E-state index contributed by atoms with van der Waals surface area (Å²) in [6, 6.07) is 12.8. The minimum Gasteiger partial charge on any atom is -0.322 e. The van der Waals surface area contributed by atoms with Crippen molar-refractivity contribution in [3.8, 4) is 0 Å². The minimum atomic E-state index is -3.49. The van der Waals surface area contributed by atoms with Crippen LogP contribution in [0.3, 0.4) is 0 Å². The average Bonchev–Trinajstić information content (AvgIpc) is 2.62. The SMILES string of the molecule is C[C@H]1CCCN(S(=O)(=O)c2ccc(NC(=O)c3ccc(Cl)cc3)cc2)C1. The predicted molar refractivity (Wildman–Crippen MR) is 103 cm³/mol. The number of piperidine rings is 1. The van der Waals surface area contributed by atoms with E-state index in [-0.39, 0.29) is 10.8 Å². The molecule has 3 rings (SSSR count). The molecule has 7 heteroatoms. The van der Waals surface area contributed by atoms with Gasteiger partial charge in [-0.05, 0) is 67.3 Å². The summed E-state index contributed by atoms with van der Waals surface area (Å²) in [6.07, 6.45) is 1.94. The van der Waals surface area contributed by atoms with Crippen LogP contribution in [0.2, 0.25) is 5.02 Å². The molecule has 1 aliphatic heterocycles. The molecule has 26 heavy (non-hydrogen) atoms. The molecule has 2 aromatic rings. The molecule has 1 amide bonds. The summed E-state index contributed by atoms with van der Waals surface area (Å²) in [5.74, 6) is 0.0959. The van der Waals surface area contributed by atoms with Crippen LogP contribution >= 0.6 is 11.6 Å². The fraction of sp³-hybridized carbons (Fsp3) is 0.316. The van der Waals surface area contributed by atoms with E-state index in [0.29, 0.717) is 35.3 Å². The van der Waals surface area contributed by atoms with Crippen molar-refractivity contribution in [1.82, 2.24) is 4.31 Å². The highest BCUT2D eigenvalue weighted by atomic mass is 35.5. The van der Waals surface area contributed by atoms with Gasteiger partial charge < -0.3 is 5.32 Å². The molecular formula is C19H21ClN2O3S. The number of carbonyl (C=O) groups is 1. The molecule has 1 N–H and O–H groups in total. The number of nitrogens with zero attached hydrogens (tertiary/aromatic N) is 1. The van der Waals surface area contributed by atoms with Gasteiger partial charge in [0.15, 0.2) is 0 Å². The summed E-state index contributed by atoms with van der Waals surface area (Å²) in [5, 5.41) is 3.31. The maximum absolute atomic E-state index is 12.7. The van der Waals surface area contributed by atoms with Gasteiger partial charge in [-0.15, -0.1) is 0 Å². The molecule has 2 aromatic carbocycles. The van der Waals surface area contributed by atoms with Crippen molar-refractivity contribution in [2.24, 2.45) is 5.92 Å². The number of hydrogen-bond acceptors (Lipinski definition) is 3. The first-order valence-corrected chi connectivity index (χ1v) is 10.4. The van der Waals surface area contributed by atoms with Crippen molar-refractivity contribution in [3.63, 3.8) is 0 Å². The summed E-state index contributed by atoms with van der Waals surface area (Å²) < 4.78 is 27.0. The van der Waals surface area contributed by atoms with Gasteiger partial charge in [-0.1, -0.05) is 18.5 Å². The molecule has 0 radical (unpaired) electrons. The van der Waals surface area contributed by atoms with Gasteiger partial charge in [0.2, 0.25) is 10.0 Å². The van der Waals surface area contributed by atoms with Crippen molar-refractivity contribution >= 4 is 33.2 Å². The van der Waals surface area contributed by atoms with Gasteiger partial charge in [-0.2, -0.15) is 4.31 Å². The van der Waals surface area contributed by atoms with E-state index in [2.05, 4.69) is 12.2 Å². The maximum atomic E-state index is 12.7. The number of halogens is 1. The first-order valence-electron chi connectivity index (χ1n) is 8.53. The van der Waals surface area contributed by atoms with E-state index >= 15 is 0 Å². The van der Waals surface area contributed by atoms with Gasteiger partial charge in [0.1, 0.15) is 0 Å². The Morgan fingerprint density at radius 3 is 2.38 bits per heavy atom. The summed E-state index contributed by atoms with van der Waals surface area (Å²) in [6.45, 7) is 3.18. The number of amides is 1. The van der Waals surface area contributed by atoms with Gasteiger partial charge in [0, 0.05) is 29.4 Å². The summed E-state index contributed by atoms with van der Waals surface area (Å²) in [4.78, 5) is 12.5. The lowest BCUT2D eigenvalue weighted by atomic mass is 10.0. The highest BCUT2D eigenvalue weighted by molar-refractivity contribution is 7.89. The van der Waals surface area contributed by atoms with Crippen molar-refractivity contribution in [3.05, 3.63) is 59.1 Å². The van der Waals surface area contributed by atoms with Gasteiger partial charge in [-0.25, -0.2) is 8.42 Å². The van der Waals surface area contributed by atoms with Crippen LogP contribution in [-0.2, 0) is 10.0 Å². The second-order valence-corrected chi connectivity index (χ2v) is 8.97. The monoisotopic (exact) mass is 392 g/mol. The Labute approximate surface area is 159 Å². The second-order valence-electron chi connectivity index (χ2n) is 6.60.